The van der Waals surface area contributed by atoms with Crippen molar-refractivity contribution in [2.24, 2.45) is 0 Å². The maximum atomic E-state index is 9.48. The molecule has 0 aliphatic rings. The number of aromatic hydroxyl groups is 1. The lowest BCUT2D eigenvalue weighted by Gasteiger charge is -2.05. The number of benzene rings is 1. The van der Waals surface area contributed by atoms with Gasteiger partial charge in [0.1, 0.15) is 11.5 Å². The van der Waals surface area contributed by atoms with E-state index >= 15 is 0 Å². The van der Waals surface area contributed by atoms with E-state index in [0.717, 1.165) is 29.9 Å². The van der Waals surface area contributed by atoms with E-state index in [1.54, 1.807) is 13.2 Å². The van der Waals surface area contributed by atoms with Crippen LogP contribution in [0, 0.1) is 6.92 Å². The molecule has 1 heterocycles. The van der Waals surface area contributed by atoms with Crippen LogP contribution in [0.15, 0.2) is 34.7 Å². The van der Waals surface area contributed by atoms with Gasteiger partial charge in [0.05, 0.1) is 7.11 Å². The Morgan fingerprint density at radius 1 is 1.18 bits per heavy atom. The molecular weight excluding hydrogens is 216 g/mol. The van der Waals surface area contributed by atoms with Gasteiger partial charge in [-0.25, -0.2) is 0 Å². The minimum Gasteiger partial charge on any atom is -0.504 e. The first-order valence-electron chi connectivity index (χ1n) is 5.60. The molecule has 0 bridgehead atoms. The third-order valence-corrected chi connectivity index (χ3v) is 2.70. The van der Waals surface area contributed by atoms with E-state index in [4.69, 9.17) is 9.15 Å². The number of phenolic OH excluding ortho intramolecular Hbond substituents is 1. The molecule has 90 valence electrons. The number of rotatable bonds is 4. The first-order chi connectivity index (χ1) is 8.19. The molecule has 17 heavy (non-hydrogen) atoms. The SMILES string of the molecule is COc1cc(CCc2ccc(C)o2)ccc1O. The minimum atomic E-state index is 0.171. The Balaban J connectivity index is 2.04. The van der Waals surface area contributed by atoms with Crippen LogP contribution < -0.4 is 4.74 Å². The van der Waals surface area contributed by atoms with Gasteiger partial charge in [0.15, 0.2) is 11.5 Å². The van der Waals surface area contributed by atoms with E-state index in [-0.39, 0.29) is 5.75 Å². The summed E-state index contributed by atoms with van der Waals surface area (Å²) < 4.78 is 10.6. The quantitative estimate of drug-likeness (QED) is 0.880. The number of hydrogen-bond acceptors (Lipinski definition) is 3. The average Bonchev–Trinajstić information content (AvgIpc) is 2.74. The Bertz CT molecular complexity index is 500. The Kier molecular flexibility index (Phi) is 3.38. The summed E-state index contributed by atoms with van der Waals surface area (Å²) in [6.45, 7) is 1.94. The van der Waals surface area contributed by atoms with E-state index in [9.17, 15) is 5.11 Å². The molecule has 0 unspecified atom stereocenters. The van der Waals surface area contributed by atoms with Crippen LogP contribution >= 0.6 is 0 Å². The first kappa shape index (κ1) is 11.6. The summed E-state index contributed by atoms with van der Waals surface area (Å²) in [7, 11) is 1.55. The van der Waals surface area contributed by atoms with Crippen LogP contribution in [0.1, 0.15) is 17.1 Å². The number of hydrogen-bond donors (Lipinski definition) is 1. The van der Waals surface area contributed by atoms with Crippen LogP contribution in [0.2, 0.25) is 0 Å². The van der Waals surface area contributed by atoms with Crippen molar-refractivity contribution in [2.45, 2.75) is 19.8 Å². The van der Waals surface area contributed by atoms with Crippen molar-refractivity contribution in [1.82, 2.24) is 0 Å². The molecule has 0 radical (unpaired) electrons. The van der Waals surface area contributed by atoms with Crippen molar-refractivity contribution in [2.75, 3.05) is 7.11 Å². The molecule has 2 rings (SSSR count). The summed E-state index contributed by atoms with van der Waals surface area (Å²) in [5.74, 6) is 2.60. The van der Waals surface area contributed by atoms with Crippen LogP contribution in [-0.2, 0) is 12.8 Å². The number of aryl methyl sites for hydroxylation is 3. The lowest BCUT2D eigenvalue weighted by Crippen LogP contribution is -1.91. The van der Waals surface area contributed by atoms with Crippen molar-refractivity contribution in [3.8, 4) is 11.5 Å². The molecule has 0 aliphatic carbocycles. The van der Waals surface area contributed by atoms with Crippen molar-refractivity contribution in [3.63, 3.8) is 0 Å². The van der Waals surface area contributed by atoms with Gasteiger partial charge >= 0.3 is 0 Å². The highest BCUT2D eigenvalue weighted by Gasteiger charge is 2.04. The summed E-state index contributed by atoms with van der Waals surface area (Å²) in [5.41, 5.74) is 1.12. The Hall–Kier alpha value is -1.90. The highest BCUT2D eigenvalue weighted by Crippen LogP contribution is 2.26. The third kappa shape index (κ3) is 2.81. The van der Waals surface area contributed by atoms with E-state index in [1.165, 1.54) is 0 Å². The van der Waals surface area contributed by atoms with Gasteiger partial charge < -0.3 is 14.3 Å². The molecule has 1 N–H and O–H groups in total. The summed E-state index contributed by atoms with van der Waals surface area (Å²) in [5, 5.41) is 9.48. The minimum absolute atomic E-state index is 0.171. The van der Waals surface area contributed by atoms with Crippen LogP contribution in [0.3, 0.4) is 0 Å². The standard InChI is InChI=1S/C14H16O3/c1-10-3-6-12(17-10)7-4-11-5-8-13(15)14(9-11)16-2/h3,5-6,8-9,15H,4,7H2,1-2H3. The molecular formula is C14H16O3. The van der Waals surface area contributed by atoms with Gasteiger partial charge in [-0.1, -0.05) is 6.07 Å². The van der Waals surface area contributed by atoms with Gasteiger partial charge in [0.2, 0.25) is 0 Å². The van der Waals surface area contributed by atoms with E-state index in [1.807, 2.05) is 31.2 Å². The molecule has 0 amide bonds. The average molecular weight is 232 g/mol. The second-order valence-electron chi connectivity index (χ2n) is 4.02. The van der Waals surface area contributed by atoms with Crippen molar-refractivity contribution >= 4 is 0 Å². The third-order valence-electron chi connectivity index (χ3n) is 2.70. The summed E-state index contributed by atoms with van der Waals surface area (Å²) in [6, 6.07) is 9.36. The predicted octanol–water partition coefficient (Wildman–Crippen LogP) is 3.09. The fourth-order valence-corrected chi connectivity index (χ4v) is 1.76. The molecule has 2 aromatic rings. The zero-order valence-electron chi connectivity index (χ0n) is 10.1. The van der Waals surface area contributed by atoms with E-state index in [0.29, 0.717) is 5.75 Å². The Morgan fingerprint density at radius 3 is 2.65 bits per heavy atom. The number of phenols is 1. The molecule has 1 aromatic heterocycles. The highest BCUT2D eigenvalue weighted by molar-refractivity contribution is 5.41. The number of methoxy groups -OCH3 is 1. The zero-order valence-corrected chi connectivity index (χ0v) is 10.1. The van der Waals surface area contributed by atoms with E-state index < -0.39 is 0 Å². The van der Waals surface area contributed by atoms with Crippen molar-refractivity contribution < 1.29 is 14.3 Å². The van der Waals surface area contributed by atoms with Gasteiger partial charge in [0.25, 0.3) is 0 Å². The molecule has 3 heteroatoms. The van der Waals surface area contributed by atoms with Crippen molar-refractivity contribution in [1.29, 1.82) is 0 Å². The molecule has 0 aliphatic heterocycles. The van der Waals surface area contributed by atoms with Crippen LogP contribution in [-0.4, -0.2) is 12.2 Å². The predicted molar refractivity (Wildman–Crippen MR) is 65.5 cm³/mol. The molecule has 0 saturated heterocycles. The van der Waals surface area contributed by atoms with Gasteiger partial charge in [-0.2, -0.15) is 0 Å². The maximum Gasteiger partial charge on any atom is 0.160 e. The lowest BCUT2D eigenvalue weighted by molar-refractivity contribution is 0.373. The summed E-state index contributed by atoms with van der Waals surface area (Å²) in [6.07, 6.45) is 1.71. The zero-order chi connectivity index (χ0) is 12.3. The van der Waals surface area contributed by atoms with Crippen LogP contribution in [0.4, 0.5) is 0 Å². The van der Waals surface area contributed by atoms with Gasteiger partial charge in [0, 0.05) is 6.42 Å². The monoisotopic (exact) mass is 232 g/mol. The second kappa shape index (κ2) is 4.95. The second-order valence-corrected chi connectivity index (χ2v) is 4.02. The normalized spacial score (nSPS) is 10.5. The highest BCUT2D eigenvalue weighted by atomic mass is 16.5. The van der Waals surface area contributed by atoms with Crippen LogP contribution in [0.5, 0.6) is 11.5 Å². The van der Waals surface area contributed by atoms with Gasteiger partial charge in [-0.05, 0) is 43.2 Å². The fraction of sp³-hybridized carbons (Fsp3) is 0.286. The Labute approximate surface area is 101 Å². The van der Waals surface area contributed by atoms with Gasteiger partial charge in [-0.3, -0.25) is 0 Å². The Morgan fingerprint density at radius 2 is 2.00 bits per heavy atom. The smallest absolute Gasteiger partial charge is 0.160 e. The number of furan rings is 1. The maximum absolute atomic E-state index is 9.48. The molecule has 0 atom stereocenters. The molecule has 3 nitrogen and oxygen atoms in total. The number of ether oxygens (including phenoxy) is 1. The molecule has 0 fully saturated rings. The first-order valence-corrected chi connectivity index (χ1v) is 5.60. The summed E-state index contributed by atoms with van der Waals surface area (Å²) in [4.78, 5) is 0. The van der Waals surface area contributed by atoms with Gasteiger partial charge in [-0.15, -0.1) is 0 Å². The molecule has 0 saturated carbocycles. The molecule has 1 aromatic carbocycles. The summed E-state index contributed by atoms with van der Waals surface area (Å²) >= 11 is 0. The van der Waals surface area contributed by atoms with E-state index in [2.05, 4.69) is 0 Å². The fourth-order valence-electron chi connectivity index (χ4n) is 1.76. The lowest BCUT2D eigenvalue weighted by atomic mass is 10.1. The molecule has 0 spiro atoms. The largest absolute Gasteiger partial charge is 0.504 e. The van der Waals surface area contributed by atoms with Crippen LogP contribution in [0.25, 0.3) is 0 Å². The topological polar surface area (TPSA) is 42.6 Å². The van der Waals surface area contributed by atoms with Crippen molar-refractivity contribution in [3.05, 3.63) is 47.4 Å².